The number of aryl methyl sites for hydroxylation is 1. The Labute approximate surface area is 249 Å². The van der Waals surface area contributed by atoms with Gasteiger partial charge in [0.1, 0.15) is 0 Å². The van der Waals surface area contributed by atoms with E-state index in [1.165, 1.54) is 0 Å². The van der Waals surface area contributed by atoms with Gasteiger partial charge in [0.15, 0.2) is 0 Å². The van der Waals surface area contributed by atoms with Crippen LogP contribution in [0.4, 0.5) is 17.1 Å². The summed E-state index contributed by atoms with van der Waals surface area (Å²) >= 11 is 3.47. The molecule has 0 aliphatic carbocycles. The Morgan fingerprint density at radius 1 is 0.951 bits per heavy atom. The molecular formula is C32H35BrN4O4. The van der Waals surface area contributed by atoms with Gasteiger partial charge in [-0.1, -0.05) is 40.2 Å². The number of carboxylic acids is 1. The molecule has 4 rings (SSSR count). The Balaban J connectivity index is 1.62. The molecule has 0 spiro atoms. The zero-order valence-electron chi connectivity index (χ0n) is 23.5. The number of carbonyl (C=O) groups excluding carboxylic acids is 2. The number of halogens is 1. The van der Waals surface area contributed by atoms with Gasteiger partial charge in [-0.25, -0.2) is 0 Å². The van der Waals surface area contributed by atoms with E-state index in [2.05, 4.69) is 31.5 Å². The first-order valence-electron chi connectivity index (χ1n) is 13.6. The lowest BCUT2D eigenvalue weighted by Crippen LogP contribution is -2.26. The van der Waals surface area contributed by atoms with E-state index in [9.17, 15) is 14.4 Å². The van der Waals surface area contributed by atoms with E-state index in [-0.39, 0.29) is 18.2 Å². The summed E-state index contributed by atoms with van der Waals surface area (Å²) in [5.41, 5.74) is 5.75. The van der Waals surface area contributed by atoms with Gasteiger partial charge in [0.05, 0.1) is 17.0 Å². The van der Waals surface area contributed by atoms with Crippen LogP contribution < -0.4 is 15.5 Å². The van der Waals surface area contributed by atoms with Crippen LogP contribution in [0, 0.1) is 0 Å². The van der Waals surface area contributed by atoms with Crippen molar-refractivity contribution in [3.8, 4) is 0 Å². The molecule has 0 aromatic heterocycles. The van der Waals surface area contributed by atoms with Crippen LogP contribution in [-0.2, 0) is 20.8 Å². The Kier molecular flexibility index (Phi) is 9.96. The number of carbonyl (C=O) groups is 3. The highest BCUT2D eigenvalue weighted by atomic mass is 79.9. The maximum Gasteiger partial charge on any atom is 0.303 e. The molecule has 2 amide bonds. The molecular weight excluding hydrogens is 584 g/mol. The van der Waals surface area contributed by atoms with Crippen molar-refractivity contribution in [3.05, 3.63) is 87.9 Å². The van der Waals surface area contributed by atoms with Gasteiger partial charge in [0, 0.05) is 41.3 Å². The zero-order chi connectivity index (χ0) is 29.5. The molecule has 0 fully saturated rings. The SMILES string of the molecule is CN(C)CCCCC(=O)N(C)c1ccc(N/C(=C2\C(=O)Nc3cc(Br)ccc32)c2cccc(CCC(=O)O)c2)cc1. The topological polar surface area (TPSA) is 102 Å². The number of amides is 2. The lowest BCUT2D eigenvalue weighted by molar-refractivity contribution is -0.137. The first-order chi connectivity index (χ1) is 19.6. The molecule has 3 aromatic rings. The van der Waals surface area contributed by atoms with Crippen molar-refractivity contribution in [2.24, 2.45) is 0 Å². The zero-order valence-corrected chi connectivity index (χ0v) is 25.1. The van der Waals surface area contributed by atoms with Crippen LogP contribution in [0.1, 0.15) is 42.4 Å². The molecule has 0 unspecified atom stereocenters. The van der Waals surface area contributed by atoms with E-state index in [4.69, 9.17) is 5.11 Å². The minimum absolute atomic E-state index is 0.0173. The van der Waals surface area contributed by atoms with Crippen molar-refractivity contribution < 1.29 is 19.5 Å². The van der Waals surface area contributed by atoms with Crippen LogP contribution in [0.15, 0.2) is 71.2 Å². The molecule has 1 heterocycles. The maximum atomic E-state index is 13.3. The minimum atomic E-state index is -0.862. The third-order valence-electron chi connectivity index (χ3n) is 6.96. The van der Waals surface area contributed by atoms with E-state index in [1.807, 2.05) is 80.8 Å². The Bertz CT molecular complexity index is 1470. The summed E-state index contributed by atoms with van der Waals surface area (Å²) in [4.78, 5) is 40.9. The normalized spacial score (nSPS) is 13.5. The van der Waals surface area contributed by atoms with Crippen LogP contribution in [0.25, 0.3) is 11.3 Å². The number of hydrogen-bond donors (Lipinski definition) is 3. The van der Waals surface area contributed by atoms with Crippen LogP contribution in [0.3, 0.4) is 0 Å². The summed E-state index contributed by atoms with van der Waals surface area (Å²) in [5.74, 6) is -1.03. The van der Waals surface area contributed by atoms with Gasteiger partial charge in [-0.3, -0.25) is 14.4 Å². The van der Waals surface area contributed by atoms with Gasteiger partial charge in [0.2, 0.25) is 5.91 Å². The fourth-order valence-corrected chi connectivity index (χ4v) is 5.10. The van der Waals surface area contributed by atoms with Gasteiger partial charge in [-0.05, 0) is 93.5 Å². The molecule has 3 aromatic carbocycles. The fraction of sp³-hybridized carbons (Fsp3) is 0.281. The summed E-state index contributed by atoms with van der Waals surface area (Å²) in [5, 5.41) is 15.5. The number of benzene rings is 3. The summed E-state index contributed by atoms with van der Waals surface area (Å²) in [6, 6.07) is 20.8. The monoisotopic (exact) mass is 618 g/mol. The molecule has 41 heavy (non-hydrogen) atoms. The third-order valence-corrected chi connectivity index (χ3v) is 7.46. The van der Waals surface area contributed by atoms with Crippen molar-refractivity contribution in [1.82, 2.24) is 4.90 Å². The lowest BCUT2D eigenvalue weighted by atomic mass is 9.97. The van der Waals surface area contributed by atoms with Gasteiger partial charge >= 0.3 is 5.97 Å². The number of hydrogen-bond acceptors (Lipinski definition) is 5. The van der Waals surface area contributed by atoms with Crippen LogP contribution >= 0.6 is 15.9 Å². The maximum absolute atomic E-state index is 13.3. The number of fused-ring (bicyclic) bond motifs is 1. The fourth-order valence-electron chi connectivity index (χ4n) is 4.73. The molecule has 1 aliphatic rings. The summed E-state index contributed by atoms with van der Waals surface area (Å²) in [6.07, 6.45) is 2.69. The molecule has 0 atom stereocenters. The minimum Gasteiger partial charge on any atom is -0.481 e. The van der Waals surface area contributed by atoms with Crippen LogP contribution in [0.5, 0.6) is 0 Å². The van der Waals surface area contributed by atoms with Crippen molar-refractivity contribution in [2.45, 2.75) is 32.1 Å². The molecule has 8 nitrogen and oxygen atoms in total. The second-order valence-corrected chi connectivity index (χ2v) is 11.3. The largest absolute Gasteiger partial charge is 0.481 e. The number of unbranched alkanes of at least 4 members (excludes halogenated alkanes) is 1. The van der Waals surface area contributed by atoms with Crippen molar-refractivity contribution in [3.63, 3.8) is 0 Å². The van der Waals surface area contributed by atoms with E-state index < -0.39 is 5.97 Å². The number of nitrogens with zero attached hydrogens (tertiary/aromatic N) is 2. The average molecular weight is 620 g/mol. The molecule has 0 radical (unpaired) electrons. The molecule has 9 heteroatoms. The van der Waals surface area contributed by atoms with Gasteiger partial charge in [-0.2, -0.15) is 0 Å². The van der Waals surface area contributed by atoms with E-state index in [0.717, 1.165) is 51.9 Å². The molecule has 0 saturated carbocycles. The molecule has 214 valence electrons. The first kappa shape index (κ1) is 30.0. The van der Waals surface area contributed by atoms with E-state index in [0.29, 0.717) is 29.8 Å². The van der Waals surface area contributed by atoms with Gasteiger partial charge in [-0.15, -0.1) is 0 Å². The smallest absolute Gasteiger partial charge is 0.303 e. The molecule has 3 N–H and O–H groups in total. The van der Waals surface area contributed by atoms with E-state index in [1.54, 1.807) is 11.9 Å². The average Bonchev–Trinajstić information content (AvgIpc) is 3.27. The number of anilines is 3. The molecule has 0 saturated heterocycles. The van der Waals surface area contributed by atoms with Crippen molar-refractivity contribution in [2.75, 3.05) is 43.2 Å². The highest BCUT2D eigenvalue weighted by Gasteiger charge is 2.28. The standard InChI is InChI=1S/C32H35BrN4O4/c1-36(2)18-5-4-9-28(38)37(3)25-14-12-24(13-15-25)34-31(22-8-6-7-21(19-22)10-17-29(39)40)30-26-16-11-23(33)20-27(26)35-32(30)41/h6-8,11-16,19-20,34H,4-5,9-10,17-18H2,1-3H3,(H,35,41)(H,39,40)/b31-30-. The Hall–Kier alpha value is -3.95. The lowest BCUT2D eigenvalue weighted by Gasteiger charge is -2.19. The Morgan fingerprint density at radius 2 is 1.71 bits per heavy atom. The number of carboxylic acid groups (broad SMARTS) is 1. The third kappa shape index (κ3) is 7.83. The van der Waals surface area contributed by atoms with Gasteiger partial charge < -0.3 is 25.5 Å². The molecule has 0 bridgehead atoms. The Morgan fingerprint density at radius 3 is 2.41 bits per heavy atom. The first-order valence-corrected chi connectivity index (χ1v) is 14.4. The quantitative estimate of drug-likeness (QED) is 0.168. The highest BCUT2D eigenvalue weighted by Crippen LogP contribution is 2.39. The second-order valence-electron chi connectivity index (χ2n) is 10.4. The van der Waals surface area contributed by atoms with Gasteiger partial charge in [0.25, 0.3) is 5.91 Å². The summed E-state index contributed by atoms with van der Waals surface area (Å²) < 4.78 is 0.856. The predicted molar refractivity (Wildman–Crippen MR) is 168 cm³/mol. The summed E-state index contributed by atoms with van der Waals surface area (Å²) in [7, 11) is 5.83. The summed E-state index contributed by atoms with van der Waals surface area (Å²) in [6.45, 7) is 0.956. The second kappa shape index (κ2) is 13.6. The molecule has 1 aliphatic heterocycles. The van der Waals surface area contributed by atoms with E-state index >= 15 is 0 Å². The predicted octanol–water partition coefficient (Wildman–Crippen LogP) is 6.09. The van der Waals surface area contributed by atoms with Crippen molar-refractivity contribution >= 4 is 62.0 Å². The number of aliphatic carboxylic acids is 1. The number of nitrogens with one attached hydrogen (secondary N) is 2. The van der Waals surface area contributed by atoms with Crippen LogP contribution in [0.2, 0.25) is 0 Å². The highest BCUT2D eigenvalue weighted by molar-refractivity contribution is 9.10. The van der Waals surface area contributed by atoms with Crippen LogP contribution in [-0.4, -0.2) is 55.5 Å². The van der Waals surface area contributed by atoms with Crippen molar-refractivity contribution in [1.29, 1.82) is 0 Å². The number of rotatable bonds is 12.